The lowest BCUT2D eigenvalue weighted by molar-refractivity contribution is -0.122. The van der Waals surface area contributed by atoms with Gasteiger partial charge in [-0.1, -0.05) is 0 Å². The summed E-state index contributed by atoms with van der Waals surface area (Å²) in [6.45, 7) is 1.49. The molecular weight excluding hydrogens is 326 g/mol. The molecule has 1 saturated heterocycles. The van der Waals surface area contributed by atoms with Gasteiger partial charge >= 0.3 is 0 Å². The topological polar surface area (TPSA) is 111 Å². The minimum atomic E-state index is -0.174. The highest BCUT2D eigenvalue weighted by atomic mass is 16.5. The Morgan fingerprint density at radius 1 is 1.40 bits per heavy atom. The van der Waals surface area contributed by atoms with E-state index >= 15 is 0 Å². The Balaban J connectivity index is 1.51. The second-order valence-electron chi connectivity index (χ2n) is 5.68. The van der Waals surface area contributed by atoms with Crippen LogP contribution >= 0.6 is 0 Å². The van der Waals surface area contributed by atoms with Crippen LogP contribution in [-0.4, -0.2) is 63.7 Å². The molecule has 1 aromatic carbocycles. The summed E-state index contributed by atoms with van der Waals surface area (Å²) in [4.78, 5) is 13.2. The standard InChI is InChI=1S/C16H21N5O4/c22-7-9-25-13-5-3-12(4-6-13)16-18-20-21(19-16)11-15(23)17-10-14-2-1-8-24-14/h3-6,14,22H,1-2,7-11H2,(H,17,23). The first kappa shape index (κ1) is 17.3. The Hall–Kier alpha value is -2.52. The van der Waals surface area contributed by atoms with Crippen LogP contribution in [0.2, 0.25) is 0 Å². The van der Waals surface area contributed by atoms with Gasteiger partial charge in [-0.3, -0.25) is 4.79 Å². The summed E-state index contributed by atoms with van der Waals surface area (Å²) < 4.78 is 10.8. The summed E-state index contributed by atoms with van der Waals surface area (Å²) in [5.41, 5.74) is 0.766. The third-order valence-electron chi connectivity index (χ3n) is 3.76. The van der Waals surface area contributed by atoms with Crippen LogP contribution < -0.4 is 10.1 Å². The molecule has 0 radical (unpaired) electrons. The average molecular weight is 347 g/mol. The summed E-state index contributed by atoms with van der Waals surface area (Å²) in [5.74, 6) is 0.909. The summed E-state index contributed by atoms with van der Waals surface area (Å²) in [6, 6.07) is 7.12. The van der Waals surface area contributed by atoms with E-state index in [1.54, 1.807) is 24.3 Å². The number of hydrogen-bond acceptors (Lipinski definition) is 7. The fourth-order valence-electron chi connectivity index (χ4n) is 2.51. The van der Waals surface area contributed by atoms with Crippen molar-refractivity contribution < 1.29 is 19.4 Å². The van der Waals surface area contributed by atoms with Gasteiger partial charge < -0.3 is 19.9 Å². The molecule has 25 heavy (non-hydrogen) atoms. The second kappa shape index (κ2) is 8.54. The van der Waals surface area contributed by atoms with Crippen molar-refractivity contribution in [1.29, 1.82) is 0 Å². The van der Waals surface area contributed by atoms with Crippen molar-refractivity contribution in [2.24, 2.45) is 0 Å². The molecule has 0 saturated carbocycles. The number of nitrogens with one attached hydrogen (secondary N) is 1. The number of aromatic nitrogens is 4. The number of tetrazole rings is 1. The second-order valence-corrected chi connectivity index (χ2v) is 5.68. The lowest BCUT2D eigenvalue weighted by Crippen LogP contribution is -2.34. The molecule has 2 N–H and O–H groups in total. The highest BCUT2D eigenvalue weighted by molar-refractivity contribution is 5.75. The zero-order valence-electron chi connectivity index (χ0n) is 13.8. The van der Waals surface area contributed by atoms with E-state index in [0.29, 0.717) is 18.1 Å². The molecule has 134 valence electrons. The number of carbonyl (C=O) groups excluding carboxylic acids is 1. The minimum Gasteiger partial charge on any atom is -0.491 e. The van der Waals surface area contributed by atoms with Crippen LogP contribution in [-0.2, 0) is 16.1 Å². The molecule has 1 fully saturated rings. The molecule has 2 heterocycles. The molecule has 0 aliphatic carbocycles. The molecule has 2 aromatic rings. The van der Waals surface area contributed by atoms with Gasteiger partial charge in [0.15, 0.2) is 0 Å². The fraction of sp³-hybridized carbons (Fsp3) is 0.500. The Kier molecular flexibility index (Phi) is 5.91. The minimum absolute atomic E-state index is 0.0113. The van der Waals surface area contributed by atoms with Crippen molar-refractivity contribution in [1.82, 2.24) is 25.5 Å². The monoisotopic (exact) mass is 347 g/mol. The smallest absolute Gasteiger partial charge is 0.243 e. The number of amides is 1. The number of hydrogen-bond donors (Lipinski definition) is 2. The highest BCUT2D eigenvalue weighted by Crippen LogP contribution is 2.18. The number of benzene rings is 1. The maximum absolute atomic E-state index is 11.9. The van der Waals surface area contributed by atoms with Crippen LogP contribution in [0.1, 0.15) is 12.8 Å². The molecule has 9 heteroatoms. The highest BCUT2D eigenvalue weighted by Gasteiger charge is 2.16. The van der Waals surface area contributed by atoms with Gasteiger partial charge in [-0.15, -0.1) is 10.2 Å². The number of nitrogens with zero attached hydrogens (tertiary/aromatic N) is 4. The number of aliphatic hydroxyl groups excluding tert-OH is 1. The van der Waals surface area contributed by atoms with Gasteiger partial charge in [0.05, 0.1) is 12.7 Å². The molecule has 9 nitrogen and oxygen atoms in total. The van der Waals surface area contributed by atoms with Crippen molar-refractivity contribution in [2.75, 3.05) is 26.4 Å². The maximum atomic E-state index is 11.9. The van der Waals surface area contributed by atoms with E-state index in [0.717, 1.165) is 25.0 Å². The molecule has 1 atom stereocenters. The number of rotatable bonds is 8. The summed E-state index contributed by atoms with van der Waals surface area (Å²) in [7, 11) is 0. The average Bonchev–Trinajstić information content (AvgIpc) is 3.30. The first-order chi connectivity index (χ1) is 12.2. The lowest BCUT2D eigenvalue weighted by atomic mass is 10.2. The van der Waals surface area contributed by atoms with E-state index in [9.17, 15) is 4.79 Å². The number of aliphatic hydroxyl groups is 1. The zero-order valence-corrected chi connectivity index (χ0v) is 13.8. The van der Waals surface area contributed by atoms with E-state index in [-0.39, 0.29) is 31.8 Å². The van der Waals surface area contributed by atoms with E-state index in [4.69, 9.17) is 14.6 Å². The van der Waals surface area contributed by atoms with Crippen LogP contribution in [0.4, 0.5) is 0 Å². The van der Waals surface area contributed by atoms with E-state index in [1.165, 1.54) is 4.80 Å². The third kappa shape index (κ3) is 4.97. The molecule has 0 spiro atoms. The molecule has 0 bridgehead atoms. The van der Waals surface area contributed by atoms with Gasteiger partial charge in [0, 0.05) is 18.7 Å². The quantitative estimate of drug-likeness (QED) is 0.692. The molecule has 1 amide bonds. The van der Waals surface area contributed by atoms with Crippen molar-refractivity contribution >= 4 is 5.91 Å². The summed E-state index contributed by atoms with van der Waals surface area (Å²) >= 11 is 0. The van der Waals surface area contributed by atoms with Crippen molar-refractivity contribution in [3.8, 4) is 17.1 Å². The van der Waals surface area contributed by atoms with Crippen LogP contribution in [0, 0.1) is 0 Å². The van der Waals surface area contributed by atoms with E-state index < -0.39 is 0 Å². The first-order valence-corrected chi connectivity index (χ1v) is 8.25. The fourth-order valence-corrected chi connectivity index (χ4v) is 2.51. The molecular formula is C16H21N5O4. The van der Waals surface area contributed by atoms with E-state index in [1.807, 2.05) is 0 Å². The molecule has 1 aliphatic rings. The maximum Gasteiger partial charge on any atom is 0.243 e. The van der Waals surface area contributed by atoms with Gasteiger partial charge in [0.25, 0.3) is 0 Å². The number of ether oxygens (including phenoxy) is 2. The Labute approximate surface area is 144 Å². The SMILES string of the molecule is O=C(Cn1nnc(-c2ccc(OCCO)cc2)n1)NCC1CCCO1. The first-order valence-electron chi connectivity index (χ1n) is 8.25. The Bertz CT molecular complexity index is 682. The molecule has 1 aromatic heterocycles. The van der Waals surface area contributed by atoms with Gasteiger partial charge in [0.1, 0.15) is 18.9 Å². The predicted octanol–water partition coefficient (Wildman–Crippen LogP) is 0.00640. The number of carbonyl (C=O) groups is 1. The van der Waals surface area contributed by atoms with Crippen LogP contribution in [0.25, 0.3) is 11.4 Å². The van der Waals surface area contributed by atoms with E-state index in [2.05, 4.69) is 20.7 Å². The Morgan fingerprint density at radius 3 is 2.96 bits per heavy atom. The van der Waals surface area contributed by atoms with Crippen LogP contribution in [0.15, 0.2) is 24.3 Å². The molecule has 1 unspecified atom stereocenters. The summed E-state index contributed by atoms with van der Waals surface area (Å²) in [5, 5.41) is 23.6. The van der Waals surface area contributed by atoms with Gasteiger partial charge in [-0.05, 0) is 42.3 Å². The van der Waals surface area contributed by atoms with Crippen LogP contribution in [0.5, 0.6) is 5.75 Å². The Morgan fingerprint density at radius 2 is 2.24 bits per heavy atom. The largest absolute Gasteiger partial charge is 0.491 e. The summed E-state index contributed by atoms with van der Waals surface area (Å²) in [6.07, 6.45) is 2.12. The van der Waals surface area contributed by atoms with Gasteiger partial charge in [-0.2, -0.15) is 4.80 Å². The molecule has 3 rings (SSSR count). The van der Waals surface area contributed by atoms with Crippen LogP contribution in [0.3, 0.4) is 0 Å². The van der Waals surface area contributed by atoms with Gasteiger partial charge in [0.2, 0.25) is 11.7 Å². The van der Waals surface area contributed by atoms with Crippen molar-refractivity contribution in [3.05, 3.63) is 24.3 Å². The zero-order chi connectivity index (χ0) is 17.5. The third-order valence-corrected chi connectivity index (χ3v) is 3.76. The molecule has 1 aliphatic heterocycles. The van der Waals surface area contributed by atoms with Crippen molar-refractivity contribution in [2.45, 2.75) is 25.5 Å². The lowest BCUT2D eigenvalue weighted by Gasteiger charge is -2.10. The van der Waals surface area contributed by atoms with Gasteiger partial charge in [-0.25, -0.2) is 0 Å². The normalized spacial score (nSPS) is 16.8. The predicted molar refractivity (Wildman–Crippen MR) is 87.8 cm³/mol. The van der Waals surface area contributed by atoms with Crippen molar-refractivity contribution in [3.63, 3.8) is 0 Å².